The number of hydrogen-bond acceptors (Lipinski definition) is 5. The maximum absolute atomic E-state index is 11.6. The minimum Gasteiger partial charge on any atom is -0.465 e. The van der Waals surface area contributed by atoms with E-state index in [9.17, 15) is 4.79 Å². The van der Waals surface area contributed by atoms with E-state index < -0.39 is 0 Å². The van der Waals surface area contributed by atoms with Gasteiger partial charge in [-0.2, -0.15) is 0 Å². The number of likely N-dealkylation sites (N-methyl/N-ethyl adjacent to an activating group) is 1. The first kappa shape index (κ1) is 15.4. The lowest BCUT2D eigenvalue weighted by atomic mass is 10.2. The first-order valence-electron chi connectivity index (χ1n) is 6.57. The summed E-state index contributed by atoms with van der Waals surface area (Å²) < 4.78 is 4.73. The van der Waals surface area contributed by atoms with Gasteiger partial charge in [0.25, 0.3) is 0 Å². The fraction of sp³-hybridized carbons (Fsp3) is 0.571. The number of aromatic nitrogens is 1. The summed E-state index contributed by atoms with van der Waals surface area (Å²) in [5.41, 5.74) is 0.469. The highest BCUT2D eigenvalue weighted by atomic mass is 16.5. The van der Waals surface area contributed by atoms with Gasteiger partial charge < -0.3 is 15.0 Å². The Morgan fingerprint density at radius 3 is 2.95 bits per heavy atom. The number of esters is 1. The molecular formula is C14H23N3O2. The quantitative estimate of drug-likeness (QED) is 0.764. The van der Waals surface area contributed by atoms with E-state index in [4.69, 9.17) is 4.74 Å². The second-order valence-corrected chi connectivity index (χ2v) is 4.56. The van der Waals surface area contributed by atoms with E-state index in [0.29, 0.717) is 17.4 Å². The van der Waals surface area contributed by atoms with E-state index in [1.807, 2.05) is 0 Å². The Balaban J connectivity index is 2.56. The van der Waals surface area contributed by atoms with Crippen molar-refractivity contribution < 1.29 is 9.53 Å². The number of ether oxygens (including phenoxy) is 1. The highest BCUT2D eigenvalue weighted by molar-refractivity contribution is 5.94. The largest absolute Gasteiger partial charge is 0.465 e. The highest BCUT2D eigenvalue weighted by Gasteiger charge is 2.12. The van der Waals surface area contributed by atoms with Crippen LogP contribution in [0.3, 0.4) is 0 Å². The number of nitrogens with one attached hydrogen (secondary N) is 1. The maximum Gasteiger partial charge on any atom is 0.341 e. The van der Waals surface area contributed by atoms with Gasteiger partial charge in [0.05, 0.1) is 7.11 Å². The van der Waals surface area contributed by atoms with Gasteiger partial charge in [-0.1, -0.05) is 6.92 Å². The molecule has 0 amide bonds. The van der Waals surface area contributed by atoms with Gasteiger partial charge in [-0.15, -0.1) is 0 Å². The number of pyridine rings is 1. The third-order valence-corrected chi connectivity index (χ3v) is 3.31. The summed E-state index contributed by atoms with van der Waals surface area (Å²) in [5.74, 6) is 0.206. The molecule has 1 heterocycles. The molecule has 1 rings (SSSR count). The van der Waals surface area contributed by atoms with Crippen LogP contribution in [0.5, 0.6) is 0 Å². The lowest BCUT2D eigenvalue weighted by Gasteiger charge is -2.23. The SMILES string of the molecule is CCC(C)N(C)CCNc1ncccc1C(=O)OC. The summed E-state index contributed by atoms with van der Waals surface area (Å²) in [4.78, 5) is 18.0. The van der Waals surface area contributed by atoms with Crippen LogP contribution in [-0.2, 0) is 4.74 Å². The van der Waals surface area contributed by atoms with E-state index in [-0.39, 0.29) is 5.97 Å². The molecule has 0 aromatic carbocycles. The van der Waals surface area contributed by atoms with Crippen LogP contribution in [0.2, 0.25) is 0 Å². The van der Waals surface area contributed by atoms with Crippen molar-refractivity contribution in [2.45, 2.75) is 26.3 Å². The van der Waals surface area contributed by atoms with E-state index >= 15 is 0 Å². The smallest absolute Gasteiger partial charge is 0.341 e. The first-order valence-corrected chi connectivity index (χ1v) is 6.57. The van der Waals surface area contributed by atoms with Gasteiger partial charge >= 0.3 is 5.97 Å². The Morgan fingerprint density at radius 1 is 1.58 bits per heavy atom. The van der Waals surface area contributed by atoms with Crippen LogP contribution in [0.4, 0.5) is 5.82 Å². The van der Waals surface area contributed by atoms with Gasteiger partial charge in [0, 0.05) is 25.3 Å². The minimum absolute atomic E-state index is 0.370. The summed E-state index contributed by atoms with van der Waals surface area (Å²) in [6.07, 6.45) is 2.78. The van der Waals surface area contributed by atoms with Crippen molar-refractivity contribution in [3.63, 3.8) is 0 Å². The van der Waals surface area contributed by atoms with Gasteiger partial charge in [0.1, 0.15) is 11.4 Å². The van der Waals surface area contributed by atoms with E-state index in [1.165, 1.54) is 7.11 Å². The molecule has 0 fully saturated rings. The van der Waals surface area contributed by atoms with Gasteiger partial charge in [0.15, 0.2) is 0 Å². The van der Waals surface area contributed by atoms with Crippen molar-refractivity contribution in [1.82, 2.24) is 9.88 Å². The molecule has 1 aromatic heterocycles. The molecule has 0 radical (unpaired) electrons. The molecule has 0 aliphatic rings. The number of carbonyl (C=O) groups is 1. The normalized spacial score (nSPS) is 12.3. The average molecular weight is 265 g/mol. The number of methoxy groups -OCH3 is 1. The Bertz CT molecular complexity index is 409. The molecule has 0 bridgehead atoms. The number of hydrogen-bond donors (Lipinski definition) is 1. The van der Waals surface area contributed by atoms with E-state index in [0.717, 1.165) is 19.5 Å². The standard InChI is InChI=1S/C14H23N3O2/c1-5-11(2)17(3)10-9-16-13-12(14(18)19-4)7-6-8-15-13/h6-8,11H,5,9-10H2,1-4H3,(H,15,16). The first-order chi connectivity index (χ1) is 9.10. The van der Waals surface area contributed by atoms with Crippen molar-refractivity contribution in [3.05, 3.63) is 23.9 Å². The molecule has 0 aliphatic heterocycles. The Morgan fingerprint density at radius 2 is 2.32 bits per heavy atom. The second kappa shape index (κ2) is 7.74. The molecule has 1 N–H and O–H groups in total. The van der Waals surface area contributed by atoms with Gasteiger partial charge in [-0.05, 0) is 32.5 Å². The molecule has 19 heavy (non-hydrogen) atoms. The Labute approximate surface area is 115 Å². The molecule has 5 nitrogen and oxygen atoms in total. The predicted molar refractivity (Wildman–Crippen MR) is 76.4 cm³/mol. The lowest BCUT2D eigenvalue weighted by molar-refractivity contribution is 0.0601. The zero-order valence-electron chi connectivity index (χ0n) is 12.1. The van der Waals surface area contributed by atoms with Crippen LogP contribution in [-0.4, -0.2) is 49.1 Å². The number of carbonyl (C=O) groups excluding carboxylic acids is 1. The van der Waals surface area contributed by atoms with Gasteiger partial charge in [-0.3, -0.25) is 0 Å². The Hall–Kier alpha value is -1.62. The third-order valence-electron chi connectivity index (χ3n) is 3.31. The molecule has 1 unspecified atom stereocenters. The van der Waals surface area contributed by atoms with Gasteiger partial charge in [0.2, 0.25) is 0 Å². The van der Waals surface area contributed by atoms with Crippen molar-refractivity contribution in [3.8, 4) is 0 Å². The van der Waals surface area contributed by atoms with Crippen molar-refractivity contribution in [2.24, 2.45) is 0 Å². The summed E-state index contributed by atoms with van der Waals surface area (Å²) in [5, 5.41) is 3.18. The van der Waals surface area contributed by atoms with Crippen LogP contribution in [0.15, 0.2) is 18.3 Å². The lowest BCUT2D eigenvalue weighted by Crippen LogP contribution is -2.33. The second-order valence-electron chi connectivity index (χ2n) is 4.56. The summed E-state index contributed by atoms with van der Waals surface area (Å²) in [7, 11) is 3.46. The molecule has 106 valence electrons. The maximum atomic E-state index is 11.6. The van der Waals surface area contributed by atoms with Crippen molar-refractivity contribution >= 4 is 11.8 Å². The van der Waals surface area contributed by atoms with Crippen molar-refractivity contribution in [1.29, 1.82) is 0 Å². The number of nitrogens with zero attached hydrogens (tertiary/aromatic N) is 2. The van der Waals surface area contributed by atoms with Gasteiger partial charge in [-0.25, -0.2) is 9.78 Å². The highest BCUT2D eigenvalue weighted by Crippen LogP contribution is 2.12. The summed E-state index contributed by atoms with van der Waals surface area (Å²) >= 11 is 0. The molecule has 1 atom stereocenters. The van der Waals surface area contributed by atoms with E-state index in [1.54, 1.807) is 18.3 Å². The molecule has 0 saturated carbocycles. The number of rotatable bonds is 7. The van der Waals surface area contributed by atoms with E-state index in [2.05, 4.69) is 36.1 Å². The summed E-state index contributed by atoms with van der Waals surface area (Å²) in [6.45, 7) is 6.00. The summed E-state index contributed by atoms with van der Waals surface area (Å²) in [6, 6.07) is 3.98. The molecule has 0 saturated heterocycles. The monoisotopic (exact) mass is 265 g/mol. The van der Waals surface area contributed by atoms with Crippen LogP contribution in [0, 0.1) is 0 Å². The zero-order valence-corrected chi connectivity index (χ0v) is 12.1. The average Bonchev–Trinajstić information content (AvgIpc) is 2.45. The fourth-order valence-electron chi connectivity index (χ4n) is 1.70. The molecule has 0 spiro atoms. The Kier molecular flexibility index (Phi) is 6.29. The molecule has 5 heteroatoms. The van der Waals surface area contributed by atoms with Crippen LogP contribution in [0.1, 0.15) is 30.6 Å². The topological polar surface area (TPSA) is 54.5 Å². The predicted octanol–water partition coefficient (Wildman–Crippen LogP) is 2.01. The third kappa shape index (κ3) is 4.52. The minimum atomic E-state index is -0.370. The van der Waals surface area contributed by atoms with Crippen LogP contribution in [0.25, 0.3) is 0 Å². The van der Waals surface area contributed by atoms with Crippen molar-refractivity contribution in [2.75, 3.05) is 32.6 Å². The number of anilines is 1. The zero-order chi connectivity index (χ0) is 14.3. The molecular weight excluding hydrogens is 242 g/mol. The van der Waals surface area contributed by atoms with Crippen LogP contribution >= 0.6 is 0 Å². The van der Waals surface area contributed by atoms with Crippen LogP contribution < -0.4 is 5.32 Å². The molecule has 1 aromatic rings. The fourth-order valence-corrected chi connectivity index (χ4v) is 1.70. The molecule has 0 aliphatic carbocycles.